The van der Waals surface area contributed by atoms with E-state index in [-0.39, 0.29) is 5.41 Å². The number of amides is 1. The lowest BCUT2D eigenvalue weighted by Gasteiger charge is -2.56. The summed E-state index contributed by atoms with van der Waals surface area (Å²) >= 11 is 1.69. The van der Waals surface area contributed by atoms with Gasteiger partial charge in [0.15, 0.2) is 5.13 Å². The molecule has 0 atom stereocenters. The molecule has 166 valence electrons. The number of hydrogen-bond acceptors (Lipinski definition) is 5. The summed E-state index contributed by atoms with van der Waals surface area (Å²) in [6.45, 7) is 7.26. The zero-order valence-electron chi connectivity index (χ0n) is 18.5. The van der Waals surface area contributed by atoms with Gasteiger partial charge in [0, 0.05) is 26.2 Å². The molecule has 4 bridgehead atoms. The minimum atomic E-state index is -0.131. The molecule has 1 aromatic carbocycles. The molecule has 0 radical (unpaired) electrons. The van der Waals surface area contributed by atoms with Crippen molar-refractivity contribution in [2.24, 2.45) is 23.2 Å². The van der Waals surface area contributed by atoms with Crippen LogP contribution in [0.25, 0.3) is 10.2 Å². The highest BCUT2D eigenvalue weighted by Crippen LogP contribution is 2.60. The van der Waals surface area contributed by atoms with Crippen LogP contribution >= 0.6 is 11.3 Å². The van der Waals surface area contributed by atoms with E-state index in [0.717, 1.165) is 87.1 Å². The standard InChI is InChI=1S/C25H33N3O2S/c1-17-2-3-21-22(10-17)31-24(26-21)28(5-4-27-6-8-30-9-7-27)23(29)25-14-18-11-19(15-25)13-20(12-18)16-25/h2-3,10,18-20H,4-9,11-16H2,1H3. The van der Waals surface area contributed by atoms with E-state index in [1.54, 1.807) is 11.3 Å². The van der Waals surface area contributed by atoms with Gasteiger partial charge in [0.25, 0.3) is 0 Å². The molecule has 2 aromatic rings. The maximum atomic E-state index is 14.3. The van der Waals surface area contributed by atoms with Crippen molar-refractivity contribution < 1.29 is 9.53 Å². The maximum absolute atomic E-state index is 14.3. The third kappa shape index (κ3) is 3.70. The zero-order chi connectivity index (χ0) is 21.0. The van der Waals surface area contributed by atoms with E-state index in [9.17, 15) is 4.79 Å². The Balaban J connectivity index is 1.31. The van der Waals surface area contributed by atoms with E-state index >= 15 is 0 Å². The molecule has 1 amide bonds. The summed E-state index contributed by atoms with van der Waals surface area (Å²) < 4.78 is 6.71. The molecular weight excluding hydrogens is 406 g/mol. The van der Waals surface area contributed by atoms with Crippen molar-refractivity contribution >= 4 is 32.6 Å². The van der Waals surface area contributed by atoms with E-state index in [1.165, 1.54) is 29.5 Å². The highest BCUT2D eigenvalue weighted by molar-refractivity contribution is 7.22. The van der Waals surface area contributed by atoms with Gasteiger partial charge in [-0.1, -0.05) is 17.4 Å². The Labute approximate surface area is 188 Å². The highest BCUT2D eigenvalue weighted by Gasteiger charge is 2.56. The lowest BCUT2D eigenvalue weighted by atomic mass is 9.49. The van der Waals surface area contributed by atoms with Crippen molar-refractivity contribution in [3.05, 3.63) is 23.8 Å². The number of ether oxygens (including phenoxy) is 1. The van der Waals surface area contributed by atoms with Gasteiger partial charge in [-0.2, -0.15) is 0 Å². The first kappa shape index (κ1) is 20.1. The van der Waals surface area contributed by atoms with Crippen molar-refractivity contribution in [1.82, 2.24) is 9.88 Å². The summed E-state index contributed by atoms with van der Waals surface area (Å²) in [5.41, 5.74) is 2.13. The molecule has 0 unspecified atom stereocenters. The Morgan fingerprint density at radius 3 is 2.52 bits per heavy atom. The molecule has 0 spiro atoms. The molecule has 1 saturated heterocycles. The van der Waals surface area contributed by atoms with Crippen LogP contribution in [0.1, 0.15) is 44.1 Å². The fourth-order valence-electron chi connectivity index (χ4n) is 7.14. The molecule has 5 nitrogen and oxygen atoms in total. The van der Waals surface area contributed by atoms with Gasteiger partial charge in [0.1, 0.15) is 0 Å². The van der Waals surface area contributed by atoms with Crippen molar-refractivity contribution in [2.45, 2.75) is 45.4 Å². The number of fused-ring (bicyclic) bond motifs is 1. The Kier molecular flexibility index (Phi) is 5.08. The molecule has 2 heterocycles. The fraction of sp³-hybridized carbons (Fsp3) is 0.680. The van der Waals surface area contributed by atoms with Crippen molar-refractivity contribution in [1.29, 1.82) is 0 Å². The van der Waals surface area contributed by atoms with Crippen molar-refractivity contribution in [2.75, 3.05) is 44.3 Å². The predicted molar refractivity (Wildman–Crippen MR) is 125 cm³/mol. The predicted octanol–water partition coefficient (Wildman–Crippen LogP) is 4.49. The molecule has 1 aromatic heterocycles. The van der Waals surface area contributed by atoms with E-state index in [1.807, 2.05) is 0 Å². The number of morpholine rings is 1. The van der Waals surface area contributed by atoms with Gasteiger partial charge in [-0.15, -0.1) is 0 Å². The molecule has 7 rings (SSSR count). The summed E-state index contributed by atoms with van der Waals surface area (Å²) in [6, 6.07) is 6.41. The van der Waals surface area contributed by atoms with Crippen molar-refractivity contribution in [3.8, 4) is 0 Å². The van der Waals surface area contributed by atoms with E-state index in [2.05, 4.69) is 34.9 Å². The molecule has 0 N–H and O–H groups in total. The molecule has 4 saturated carbocycles. The van der Waals surface area contributed by atoms with Crippen LogP contribution in [0.2, 0.25) is 0 Å². The number of nitrogens with zero attached hydrogens (tertiary/aromatic N) is 3. The van der Waals surface area contributed by atoms with Gasteiger partial charge in [-0.3, -0.25) is 14.6 Å². The van der Waals surface area contributed by atoms with Gasteiger partial charge < -0.3 is 4.74 Å². The van der Waals surface area contributed by atoms with Crippen LogP contribution in [0.15, 0.2) is 18.2 Å². The second-order valence-electron chi connectivity index (χ2n) is 10.6. The molecule has 5 aliphatic rings. The van der Waals surface area contributed by atoms with Crippen LogP contribution in [-0.2, 0) is 9.53 Å². The number of anilines is 1. The zero-order valence-corrected chi connectivity index (χ0v) is 19.3. The number of carbonyl (C=O) groups is 1. The highest BCUT2D eigenvalue weighted by atomic mass is 32.1. The normalized spacial score (nSPS) is 32.6. The Hall–Kier alpha value is -1.50. The molecular formula is C25H33N3O2S. The van der Waals surface area contributed by atoms with Crippen LogP contribution in [0.5, 0.6) is 0 Å². The lowest BCUT2D eigenvalue weighted by molar-refractivity contribution is -0.143. The van der Waals surface area contributed by atoms with Gasteiger partial charge in [-0.25, -0.2) is 4.98 Å². The minimum Gasteiger partial charge on any atom is -0.379 e. The summed E-state index contributed by atoms with van der Waals surface area (Å²) in [5, 5.41) is 0.898. The van der Waals surface area contributed by atoms with Crippen LogP contribution in [0.4, 0.5) is 5.13 Å². The monoisotopic (exact) mass is 439 g/mol. The first-order valence-electron chi connectivity index (χ1n) is 12.1. The topological polar surface area (TPSA) is 45.7 Å². The Morgan fingerprint density at radius 1 is 1.16 bits per heavy atom. The second kappa shape index (κ2) is 7.82. The van der Waals surface area contributed by atoms with Gasteiger partial charge >= 0.3 is 0 Å². The first-order chi connectivity index (χ1) is 15.1. The number of hydrogen-bond donors (Lipinski definition) is 0. The number of aromatic nitrogens is 1. The maximum Gasteiger partial charge on any atom is 0.235 e. The van der Waals surface area contributed by atoms with E-state index in [0.29, 0.717) is 5.91 Å². The largest absolute Gasteiger partial charge is 0.379 e. The van der Waals surface area contributed by atoms with Crippen LogP contribution in [0, 0.1) is 30.1 Å². The molecule has 4 aliphatic carbocycles. The summed E-state index contributed by atoms with van der Waals surface area (Å²) in [6.07, 6.45) is 7.41. The van der Waals surface area contributed by atoms with Crippen LogP contribution < -0.4 is 4.90 Å². The second-order valence-corrected chi connectivity index (χ2v) is 11.6. The summed E-state index contributed by atoms with van der Waals surface area (Å²) in [5.74, 6) is 2.69. The quantitative estimate of drug-likeness (QED) is 0.689. The molecule has 5 fully saturated rings. The van der Waals surface area contributed by atoms with Crippen LogP contribution in [-0.4, -0.2) is 55.2 Å². The number of rotatable bonds is 5. The minimum absolute atomic E-state index is 0.131. The smallest absolute Gasteiger partial charge is 0.235 e. The summed E-state index contributed by atoms with van der Waals surface area (Å²) in [7, 11) is 0. The average Bonchev–Trinajstić information content (AvgIpc) is 3.16. The van der Waals surface area contributed by atoms with Crippen molar-refractivity contribution in [3.63, 3.8) is 0 Å². The van der Waals surface area contributed by atoms with E-state index in [4.69, 9.17) is 9.72 Å². The average molecular weight is 440 g/mol. The lowest BCUT2D eigenvalue weighted by Crippen LogP contribution is -2.56. The number of carbonyl (C=O) groups excluding carboxylic acids is 1. The molecule has 6 heteroatoms. The fourth-order valence-corrected chi connectivity index (χ4v) is 8.23. The van der Waals surface area contributed by atoms with Gasteiger partial charge in [0.05, 0.1) is 28.8 Å². The number of thiazole rings is 1. The molecule has 1 aliphatic heterocycles. The summed E-state index contributed by atoms with van der Waals surface area (Å²) in [4.78, 5) is 23.7. The SMILES string of the molecule is Cc1ccc2nc(N(CCN3CCOCC3)C(=O)C34CC5CC(CC(C5)C3)C4)sc2c1. The number of benzene rings is 1. The van der Waals surface area contributed by atoms with Gasteiger partial charge in [0.2, 0.25) is 5.91 Å². The third-order valence-corrected chi connectivity index (χ3v) is 9.29. The first-order valence-corrected chi connectivity index (χ1v) is 12.9. The molecule has 31 heavy (non-hydrogen) atoms. The Bertz CT molecular complexity index is 945. The van der Waals surface area contributed by atoms with E-state index < -0.39 is 0 Å². The Morgan fingerprint density at radius 2 is 1.84 bits per heavy atom. The number of aryl methyl sites for hydroxylation is 1. The van der Waals surface area contributed by atoms with Crippen LogP contribution in [0.3, 0.4) is 0 Å². The third-order valence-electron chi connectivity index (χ3n) is 8.24. The van der Waals surface area contributed by atoms with Gasteiger partial charge in [-0.05, 0) is 80.9 Å².